The number of hydrogen-bond donors (Lipinski definition) is 1. The predicted molar refractivity (Wildman–Crippen MR) is 69.5 cm³/mol. The zero-order valence-corrected chi connectivity index (χ0v) is 11.7. The van der Waals surface area contributed by atoms with Crippen molar-refractivity contribution in [2.24, 2.45) is 11.7 Å². The van der Waals surface area contributed by atoms with Crippen molar-refractivity contribution in [3.05, 3.63) is 29.8 Å². The third kappa shape index (κ3) is 3.22. The van der Waals surface area contributed by atoms with Crippen LogP contribution in [0.1, 0.15) is 6.42 Å². The Morgan fingerprint density at radius 1 is 1.37 bits per heavy atom. The average Bonchev–Trinajstić information content (AvgIpc) is 2.81. The Morgan fingerprint density at radius 2 is 2.05 bits per heavy atom. The van der Waals surface area contributed by atoms with Gasteiger partial charge in [-0.1, -0.05) is 0 Å². The number of rotatable bonds is 3. The van der Waals surface area contributed by atoms with Crippen molar-refractivity contribution >= 4 is 22.4 Å². The molecule has 1 saturated heterocycles. The lowest BCUT2D eigenvalue weighted by atomic mass is 10.1. The molecule has 1 aliphatic heterocycles. The molecule has 1 unspecified atom stereocenters. The van der Waals surface area contributed by atoms with E-state index in [1.807, 2.05) is 0 Å². The Balaban J connectivity index is 0.00000180. The van der Waals surface area contributed by atoms with Crippen LogP contribution in [0.3, 0.4) is 0 Å². The third-order valence-corrected chi connectivity index (χ3v) is 4.97. The molecule has 2 N–H and O–H groups in total. The summed E-state index contributed by atoms with van der Waals surface area (Å²) >= 11 is 0. The van der Waals surface area contributed by atoms with Crippen molar-refractivity contribution in [1.82, 2.24) is 4.31 Å². The fraction of sp³-hybridized carbons (Fsp3) is 0.455. The van der Waals surface area contributed by atoms with Gasteiger partial charge in [0.1, 0.15) is 16.5 Å². The van der Waals surface area contributed by atoms with Gasteiger partial charge in [-0.2, -0.15) is 4.31 Å². The van der Waals surface area contributed by atoms with Crippen molar-refractivity contribution < 1.29 is 17.2 Å². The fourth-order valence-corrected chi connectivity index (χ4v) is 3.63. The number of halogens is 3. The first-order valence-electron chi connectivity index (χ1n) is 5.60. The molecule has 0 radical (unpaired) electrons. The Labute approximate surface area is 117 Å². The number of sulfonamides is 1. The van der Waals surface area contributed by atoms with Gasteiger partial charge in [0.15, 0.2) is 0 Å². The van der Waals surface area contributed by atoms with E-state index in [0.29, 0.717) is 25.6 Å². The largest absolute Gasteiger partial charge is 0.330 e. The molecule has 1 aromatic carbocycles. The highest BCUT2D eigenvalue weighted by Crippen LogP contribution is 2.25. The van der Waals surface area contributed by atoms with E-state index in [2.05, 4.69) is 0 Å². The number of nitrogens with two attached hydrogens (primary N) is 1. The van der Waals surface area contributed by atoms with Gasteiger partial charge in [-0.15, -0.1) is 12.4 Å². The van der Waals surface area contributed by atoms with Crippen molar-refractivity contribution in [3.8, 4) is 0 Å². The van der Waals surface area contributed by atoms with Gasteiger partial charge < -0.3 is 5.73 Å². The van der Waals surface area contributed by atoms with Crippen LogP contribution >= 0.6 is 12.4 Å². The number of hydrogen-bond acceptors (Lipinski definition) is 3. The van der Waals surface area contributed by atoms with Crippen LogP contribution in [0.5, 0.6) is 0 Å². The zero-order valence-electron chi connectivity index (χ0n) is 10.1. The molecule has 1 aromatic rings. The van der Waals surface area contributed by atoms with Gasteiger partial charge in [-0.25, -0.2) is 17.2 Å². The molecule has 1 fully saturated rings. The van der Waals surface area contributed by atoms with E-state index in [9.17, 15) is 17.2 Å². The predicted octanol–water partition coefficient (Wildman–Crippen LogP) is 1.36. The Kier molecular flexibility index (Phi) is 5.26. The minimum atomic E-state index is -3.97. The highest BCUT2D eigenvalue weighted by molar-refractivity contribution is 7.89. The molecule has 0 bridgehead atoms. The fourth-order valence-electron chi connectivity index (χ4n) is 2.02. The molecule has 19 heavy (non-hydrogen) atoms. The van der Waals surface area contributed by atoms with Crippen LogP contribution in [0.25, 0.3) is 0 Å². The van der Waals surface area contributed by atoms with Crippen LogP contribution in [-0.2, 0) is 10.0 Å². The van der Waals surface area contributed by atoms with Gasteiger partial charge in [0.25, 0.3) is 0 Å². The normalized spacial score (nSPS) is 20.3. The molecule has 1 aliphatic rings. The smallest absolute Gasteiger partial charge is 0.246 e. The Bertz CT molecular complexity index is 554. The van der Waals surface area contributed by atoms with Crippen LogP contribution in [-0.4, -0.2) is 32.4 Å². The molecular formula is C11H15ClF2N2O2S. The van der Waals surface area contributed by atoms with Crippen LogP contribution in [0.2, 0.25) is 0 Å². The lowest BCUT2D eigenvalue weighted by molar-refractivity contribution is 0.452. The molecule has 0 spiro atoms. The number of nitrogens with zero attached hydrogens (tertiary/aromatic N) is 1. The quantitative estimate of drug-likeness (QED) is 0.916. The van der Waals surface area contributed by atoms with Gasteiger partial charge in [0.05, 0.1) is 0 Å². The highest BCUT2D eigenvalue weighted by atomic mass is 35.5. The van der Waals surface area contributed by atoms with E-state index in [1.165, 1.54) is 0 Å². The van der Waals surface area contributed by atoms with Crippen molar-refractivity contribution in [2.75, 3.05) is 19.6 Å². The van der Waals surface area contributed by atoms with Gasteiger partial charge in [0.2, 0.25) is 10.0 Å². The van der Waals surface area contributed by atoms with Crippen LogP contribution in [0.4, 0.5) is 8.78 Å². The second kappa shape index (κ2) is 6.13. The number of benzene rings is 1. The van der Waals surface area contributed by atoms with Crippen molar-refractivity contribution in [2.45, 2.75) is 11.3 Å². The average molecular weight is 313 g/mol. The summed E-state index contributed by atoms with van der Waals surface area (Å²) in [5.41, 5.74) is 5.48. The summed E-state index contributed by atoms with van der Waals surface area (Å²) in [6, 6.07) is 2.42. The minimum Gasteiger partial charge on any atom is -0.330 e. The summed E-state index contributed by atoms with van der Waals surface area (Å²) in [6.07, 6.45) is 0.646. The Hall–Kier alpha value is -0.760. The molecule has 1 atom stereocenters. The monoisotopic (exact) mass is 312 g/mol. The summed E-state index contributed by atoms with van der Waals surface area (Å²) in [4.78, 5) is -0.611. The third-order valence-electron chi connectivity index (χ3n) is 3.09. The van der Waals surface area contributed by atoms with Gasteiger partial charge in [-0.3, -0.25) is 0 Å². The zero-order chi connectivity index (χ0) is 13.3. The summed E-state index contributed by atoms with van der Waals surface area (Å²) < 4.78 is 52.0. The van der Waals surface area contributed by atoms with E-state index >= 15 is 0 Å². The summed E-state index contributed by atoms with van der Waals surface area (Å²) in [5, 5.41) is 0. The van der Waals surface area contributed by atoms with Crippen LogP contribution < -0.4 is 5.73 Å². The van der Waals surface area contributed by atoms with E-state index < -0.39 is 26.6 Å². The molecule has 2 rings (SSSR count). The maximum atomic E-state index is 13.5. The molecule has 0 aromatic heterocycles. The summed E-state index contributed by atoms with van der Waals surface area (Å²) in [7, 11) is -3.97. The van der Waals surface area contributed by atoms with Gasteiger partial charge >= 0.3 is 0 Å². The molecule has 0 amide bonds. The standard InChI is InChI=1S/C11H14F2N2O2S.ClH/c12-9-1-2-10(13)11(5-9)18(16,17)15-4-3-8(6-14)7-15;/h1-2,5,8H,3-4,6-7,14H2;1H. The molecule has 0 aliphatic carbocycles. The highest BCUT2D eigenvalue weighted by Gasteiger charge is 2.33. The first-order chi connectivity index (χ1) is 8.45. The molecule has 1 heterocycles. The lowest BCUT2D eigenvalue weighted by Gasteiger charge is -2.16. The Morgan fingerprint density at radius 3 is 2.63 bits per heavy atom. The second-order valence-corrected chi connectivity index (χ2v) is 6.23. The van der Waals surface area contributed by atoms with Crippen LogP contribution in [0.15, 0.2) is 23.1 Å². The lowest BCUT2D eigenvalue weighted by Crippen LogP contribution is -2.30. The van der Waals surface area contributed by atoms with E-state index in [-0.39, 0.29) is 24.9 Å². The van der Waals surface area contributed by atoms with E-state index in [4.69, 9.17) is 5.73 Å². The molecule has 108 valence electrons. The summed E-state index contributed by atoms with van der Waals surface area (Å²) in [5.74, 6) is -1.63. The first-order valence-corrected chi connectivity index (χ1v) is 7.04. The summed E-state index contributed by atoms with van der Waals surface area (Å²) in [6.45, 7) is 0.937. The van der Waals surface area contributed by atoms with Gasteiger partial charge in [-0.05, 0) is 37.1 Å². The first kappa shape index (κ1) is 16.3. The maximum Gasteiger partial charge on any atom is 0.246 e. The molecular weight excluding hydrogens is 298 g/mol. The molecule has 4 nitrogen and oxygen atoms in total. The van der Waals surface area contributed by atoms with E-state index in [0.717, 1.165) is 16.4 Å². The maximum absolute atomic E-state index is 13.5. The molecule has 8 heteroatoms. The SMILES string of the molecule is Cl.NCC1CCN(S(=O)(=O)c2cc(F)ccc2F)C1. The minimum absolute atomic E-state index is 0. The second-order valence-electron chi connectivity index (χ2n) is 4.33. The van der Waals surface area contributed by atoms with Gasteiger partial charge in [0, 0.05) is 13.1 Å². The van der Waals surface area contributed by atoms with Crippen molar-refractivity contribution in [3.63, 3.8) is 0 Å². The topological polar surface area (TPSA) is 63.4 Å². The van der Waals surface area contributed by atoms with Crippen LogP contribution in [0, 0.1) is 17.6 Å². The molecule has 0 saturated carbocycles. The van der Waals surface area contributed by atoms with E-state index in [1.54, 1.807) is 0 Å². The van der Waals surface area contributed by atoms with Crippen molar-refractivity contribution in [1.29, 1.82) is 0 Å².